The van der Waals surface area contributed by atoms with Gasteiger partial charge in [-0.3, -0.25) is 9.69 Å². The number of carboxylic acid groups (broad SMARTS) is 1. The lowest BCUT2D eigenvalue weighted by atomic mass is 9.96. The maximum Gasteiger partial charge on any atom is 0.393 e. The number of nitrogens with zero attached hydrogens (tertiary/aromatic N) is 1. The van der Waals surface area contributed by atoms with Crippen molar-refractivity contribution in [3.63, 3.8) is 0 Å². The Bertz CT molecular complexity index is 750. The molecule has 2 aromatic rings. The molecule has 1 fully saturated rings. The summed E-state index contributed by atoms with van der Waals surface area (Å²) in [7, 11) is 0. The maximum absolute atomic E-state index is 13.1. The minimum atomic E-state index is -4.49. The first-order valence-electron chi connectivity index (χ1n) is 8.16. The van der Waals surface area contributed by atoms with Crippen LogP contribution in [0.15, 0.2) is 64.4 Å². The van der Waals surface area contributed by atoms with E-state index in [9.17, 15) is 18.0 Å². The molecule has 1 aliphatic heterocycles. The van der Waals surface area contributed by atoms with E-state index in [0.717, 1.165) is 15.4 Å². The summed E-state index contributed by atoms with van der Waals surface area (Å²) >= 11 is 1.61. The molecule has 7 heteroatoms. The molecule has 1 aliphatic rings. The van der Waals surface area contributed by atoms with Crippen LogP contribution in [0.4, 0.5) is 13.2 Å². The summed E-state index contributed by atoms with van der Waals surface area (Å²) < 4.78 is 39.2. The molecule has 0 aromatic heterocycles. The molecule has 1 saturated heterocycles. The third-order valence-electron chi connectivity index (χ3n) is 4.44. The fraction of sp³-hybridized carbons (Fsp3) is 0.316. The van der Waals surface area contributed by atoms with Crippen molar-refractivity contribution in [2.24, 2.45) is 11.8 Å². The summed E-state index contributed by atoms with van der Waals surface area (Å²) in [6.45, 7) is -0.0480. The molecule has 0 bridgehead atoms. The summed E-state index contributed by atoms with van der Waals surface area (Å²) in [6.07, 6.45) is -4.49. The molecule has 3 rings (SSSR count). The van der Waals surface area contributed by atoms with Gasteiger partial charge in [-0.05, 0) is 29.8 Å². The largest absolute Gasteiger partial charge is 0.481 e. The number of carbonyl (C=O) groups is 1. The van der Waals surface area contributed by atoms with E-state index in [1.807, 2.05) is 54.6 Å². The van der Waals surface area contributed by atoms with Crippen LogP contribution in [0.3, 0.4) is 0 Å². The van der Waals surface area contributed by atoms with Crippen LogP contribution in [-0.2, 0) is 11.3 Å². The van der Waals surface area contributed by atoms with Crippen LogP contribution in [0.25, 0.3) is 0 Å². The monoisotopic (exact) mass is 381 g/mol. The van der Waals surface area contributed by atoms with Gasteiger partial charge in [-0.1, -0.05) is 42.1 Å². The van der Waals surface area contributed by atoms with Crippen LogP contribution in [0.1, 0.15) is 5.56 Å². The van der Waals surface area contributed by atoms with Gasteiger partial charge in [0.25, 0.3) is 0 Å². The lowest BCUT2D eigenvalue weighted by Crippen LogP contribution is -2.33. The van der Waals surface area contributed by atoms with E-state index in [1.54, 1.807) is 16.7 Å². The zero-order valence-electron chi connectivity index (χ0n) is 13.8. The van der Waals surface area contributed by atoms with Crippen molar-refractivity contribution in [2.75, 3.05) is 13.1 Å². The van der Waals surface area contributed by atoms with Crippen molar-refractivity contribution in [1.29, 1.82) is 0 Å². The normalized spacial score (nSPS) is 21.0. The highest BCUT2D eigenvalue weighted by atomic mass is 32.2. The number of carboxylic acids is 1. The Hall–Kier alpha value is -1.99. The Labute approximate surface area is 153 Å². The van der Waals surface area contributed by atoms with Crippen molar-refractivity contribution in [2.45, 2.75) is 22.5 Å². The SMILES string of the molecule is O=C(O)[C@@H]1CN(Cc2ccc(Sc3ccccc3)cc2)C[C@H]1C(F)(F)F. The molecule has 1 heterocycles. The topological polar surface area (TPSA) is 40.5 Å². The van der Waals surface area contributed by atoms with E-state index in [4.69, 9.17) is 5.11 Å². The van der Waals surface area contributed by atoms with Gasteiger partial charge in [0.05, 0.1) is 11.8 Å². The Balaban J connectivity index is 1.63. The second kappa shape index (κ2) is 7.72. The van der Waals surface area contributed by atoms with Gasteiger partial charge in [-0.25, -0.2) is 0 Å². The fourth-order valence-electron chi connectivity index (χ4n) is 3.14. The molecule has 0 saturated carbocycles. The molecule has 3 nitrogen and oxygen atoms in total. The molecule has 138 valence electrons. The molecule has 0 spiro atoms. The van der Waals surface area contributed by atoms with Crippen molar-refractivity contribution in [3.8, 4) is 0 Å². The number of likely N-dealkylation sites (tertiary alicyclic amines) is 1. The molecule has 2 atom stereocenters. The average molecular weight is 381 g/mol. The van der Waals surface area contributed by atoms with Gasteiger partial charge in [-0.2, -0.15) is 13.2 Å². The number of hydrogen-bond acceptors (Lipinski definition) is 3. The van der Waals surface area contributed by atoms with Gasteiger partial charge in [0.2, 0.25) is 0 Å². The van der Waals surface area contributed by atoms with Crippen LogP contribution in [0.5, 0.6) is 0 Å². The predicted molar refractivity (Wildman–Crippen MR) is 93.0 cm³/mol. The first-order chi connectivity index (χ1) is 12.3. The van der Waals surface area contributed by atoms with Gasteiger partial charge < -0.3 is 5.11 Å². The van der Waals surface area contributed by atoms with Crippen LogP contribution in [0.2, 0.25) is 0 Å². The first-order valence-corrected chi connectivity index (χ1v) is 8.98. The molecule has 26 heavy (non-hydrogen) atoms. The Kier molecular flexibility index (Phi) is 5.58. The number of halogens is 3. The summed E-state index contributed by atoms with van der Waals surface area (Å²) in [5, 5.41) is 9.08. The quantitative estimate of drug-likeness (QED) is 0.826. The van der Waals surface area contributed by atoms with E-state index in [-0.39, 0.29) is 13.1 Å². The van der Waals surface area contributed by atoms with E-state index in [1.165, 1.54) is 0 Å². The van der Waals surface area contributed by atoms with Gasteiger partial charge in [0.1, 0.15) is 0 Å². The van der Waals surface area contributed by atoms with Crippen molar-refractivity contribution in [3.05, 3.63) is 60.2 Å². The smallest absolute Gasteiger partial charge is 0.393 e. The van der Waals surface area contributed by atoms with Gasteiger partial charge in [0, 0.05) is 29.4 Å². The third-order valence-corrected chi connectivity index (χ3v) is 5.46. The number of rotatable bonds is 5. The Morgan fingerprint density at radius 2 is 1.65 bits per heavy atom. The van der Waals surface area contributed by atoms with Crippen LogP contribution < -0.4 is 0 Å². The van der Waals surface area contributed by atoms with Crippen LogP contribution >= 0.6 is 11.8 Å². The highest BCUT2D eigenvalue weighted by molar-refractivity contribution is 7.99. The zero-order valence-corrected chi connectivity index (χ0v) is 14.6. The van der Waals surface area contributed by atoms with Gasteiger partial charge >= 0.3 is 12.1 Å². The molecule has 1 N–H and O–H groups in total. The number of benzene rings is 2. The molecule has 0 aliphatic carbocycles. The van der Waals surface area contributed by atoms with Crippen molar-refractivity contribution >= 4 is 17.7 Å². The molecule has 0 unspecified atom stereocenters. The predicted octanol–water partition coefficient (Wildman–Crippen LogP) is 4.53. The Morgan fingerprint density at radius 1 is 1.04 bits per heavy atom. The number of aliphatic carboxylic acids is 1. The van der Waals surface area contributed by atoms with Crippen molar-refractivity contribution < 1.29 is 23.1 Å². The van der Waals surface area contributed by atoms with E-state index < -0.39 is 24.0 Å². The van der Waals surface area contributed by atoms with Gasteiger partial charge in [-0.15, -0.1) is 0 Å². The third kappa shape index (κ3) is 4.59. The summed E-state index contributed by atoms with van der Waals surface area (Å²) in [5.74, 6) is -4.60. The van der Waals surface area contributed by atoms with Crippen LogP contribution in [-0.4, -0.2) is 35.2 Å². The highest BCUT2D eigenvalue weighted by Crippen LogP contribution is 2.38. The zero-order chi connectivity index (χ0) is 18.7. The molecule has 2 aromatic carbocycles. The minimum absolute atomic E-state index is 0.0833. The van der Waals surface area contributed by atoms with Gasteiger partial charge in [0.15, 0.2) is 0 Å². The lowest BCUT2D eigenvalue weighted by molar-refractivity contribution is -0.188. The maximum atomic E-state index is 13.1. The number of alkyl halides is 3. The standard InChI is InChI=1S/C19H18F3NO2S/c20-19(21,22)17-12-23(11-16(17)18(24)25)10-13-6-8-15(9-7-13)26-14-4-2-1-3-5-14/h1-9,16-17H,10-12H2,(H,24,25)/t16-,17-/m1/s1. The van der Waals surface area contributed by atoms with Crippen molar-refractivity contribution in [1.82, 2.24) is 4.90 Å². The highest BCUT2D eigenvalue weighted by Gasteiger charge is 2.52. The van der Waals surface area contributed by atoms with E-state index in [0.29, 0.717) is 6.54 Å². The molecule has 0 radical (unpaired) electrons. The van der Waals surface area contributed by atoms with Crippen LogP contribution in [0, 0.1) is 11.8 Å². The number of hydrogen-bond donors (Lipinski definition) is 1. The molecular weight excluding hydrogens is 363 g/mol. The fourth-order valence-corrected chi connectivity index (χ4v) is 3.98. The minimum Gasteiger partial charge on any atom is -0.481 e. The summed E-state index contributed by atoms with van der Waals surface area (Å²) in [6, 6.07) is 17.5. The second-order valence-corrected chi connectivity index (χ2v) is 7.49. The lowest BCUT2D eigenvalue weighted by Gasteiger charge is -2.18. The molecule has 0 amide bonds. The molecular formula is C19H18F3NO2S. The summed E-state index contributed by atoms with van der Waals surface area (Å²) in [4.78, 5) is 14.9. The Morgan fingerprint density at radius 3 is 2.19 bits per heavy atom. The second-order valence-electron chi connectivity index (χ2n) is 6.35. The van der Waals surface area contributed by atoms with E-state index in [2.05, 4.69) is 0 Å². The summed E-state index contributed by atoms with van der Waals surface area (Å²) in [5.41, 5.74) is 0.870. The first kappa shape index (κ1) is 18.8. The van der Waals surface area contributed by atoms with E-state index >= 15 is 0 Å². The average Bonchev–Trinajstić information content (AvgIpc) is 3.02.